The maximum Gasteiger partial charge on any atom is 0.295 e. The molecule has 1 fully saturated rings. The molecule has 1 unspecified atom stereocenters. The quantitative estimate of drug-likeness (QED) is 0.497. The number of Topliss-reactive ketones (excluding diaryl/α,β-unsaturated/α-hetero) is 1. The van der Waals surface area contributed by atoms with Crippen molar-refractivity contribution in [3.05, 3.63) is 76.3 Å². The number of nitrogens with zero attached hydrogens (tertiary/aromatic N) is 1. The number of carbonyl (C=O) groups excluding carboxylic acids is 2. The minimum Gasteiger partial charge on any atom is -0.507 e. The summed E-state index contributed by atoms with van der Waals surface area (Å²) in [4.78, 5) is 26.7. The van der Waals surface area contributed by atoms with E-state index in [1.165, 1.54) is 12.0 Å². The molecule has 1 amide bonds. The van der Waals surface area contributed by atoms with Crippen molar-refractivity contribution in [3.63, 3.8) is 0 Å². The highest BCUT2D eigenvalue weighted by Crippen LogP contribution is 2.41. The lowest BCUT2D eigenvalue weighted by Gasteiger charge is -2.25. The number of amides is 1. The molecular weight excluding hydrogens is 354 g/mol. The Kier molecular flexibility index (Phi) is 5.40. The van der Waals surface area contributed by atoms with Gasteiger partial charge in [0.2, 0.25) is 0 Å². The summed E-state index contributed by atoms with van der Waals surface area (Å²) < 4.78 is 5.07. The molecule has 26 heavy (non-hydrogen) atoms. The third-order valence-corrected chi connectivity index (χ3v) is 4.67. The van der Waals surface area contributed by atoms with Crippen molar-refractivity contribution >= 4 is 29.1 Å². The Hall–Kier alpha value is -2.63. The molecule has 1 N–H and O–H groups in total. The van der Waals surface area contributed by atoms with E-state index in [9.17, 15) is 14.7 Å². The second-order valence-corrected chi connectivity index (χ2v) is 6.28. The molecular formula is C20H18ClNO4. The van der Waals surface area contributed by atoms with Crippen LogP contribution >= 0.6 is 11.6 Å². The van der Waals surface area contributed by atoms with Crippen LogP contribution in [0.15, 0.2) is 60.2 Å². The number of likely N-dealkylation sites (tertiary alicyclic amines) is 1. The van der Waals surface area contributed by atoms with Crippen LogP contribution in [0.3, 0.4) is 0 Å². The Balaban J connectivity index is 2.19. The summed E-state index contributed by atoms with van der Waals surface area (Å²) in [6.45, 7) is 0.474. The lowest BCUT2D eigenvalue weighted by molar-refractivity contribution is -0.140. The van der Waals surface area contributed by atoms with Gasteiger partial charge in [-0.15, -0.1) is 0 Å². The minimum atomic E-state index is -0.765. The van der Waals surface area contributed by atoms with Gasteiger partial charge in [-0.2, -0.15) is 0 Å². The summed E-state index contributed by atoms with van der Waals surface area (Å²) in [7, 11) is 1.52. The van der Waals surface area contributed by atoms with Crippen molar-refractivity contribution in [1.29, 1.82) is 0 Å². The molecule has 1 atom stereocenters. The first-order valence-corrected chi connectivity index (χ1v) is 8.51. The van der Waals surface area contributed by atoms with E-state index in [1.807, 2.05) is 0 Å². The van der Waals surface area contributed by atoms with Gasteiger partial charge in [-0.05, 0) is 11.6 Å². The molecule has 134 valence electrons. The molecule has 0 saturated carbocycles. The Bertz CT molecular complexity index is 863. The van der Waals surface area contributed by atoms with Crippen LogP contribution in [0.5, 0.6) is 0 Å². The summed E-state index contributed by atoms with van der Waals surface area (Å²) in [5.74, 6) is -1.62. The van der Waals surface area contributed by atoms with Gasteiger partial charge < -0.3 is 14.7 Å². The van der Waals surface area contributed by atoms with Crippen LogP contribution in [0.25, 0.3) is 5.76 Å². The average Bonchev–Trinajstić information content (AvgIpc) is 2.91. The zero-order chi connectivity index (χ0) is 18.7. The number of ketones is 1. The molecule has 3 rings (SSSR count). The first-order chi connectivity index (χ1) is 12.6. The first kappa shape index (κ1) is 18.2. The monoisotopic (exact) mass is 371 g/mol. The zero-order valence-electron chi connectivity index (χ0n) is 14.2. The Morgan fingerprint density at radius 2 is 1.77 bits per heavy atom. The first-order valence-electron chi connectivity index (χ1n) is 8.13. The molecule has 2 aromatic carbocycles. The number of halogens is 1. The molecule has 1 aliphatic rings. The number of benzene rings is 2. The van der Waals surface area contributed by atoms with E-state index in [-0.39, 0.29) is 24.5 Å². The van der Waals surface area contributed by atoms with Gasteiger partial charge in [-0.3, -0.25) is 9.59 Å². The number of methoxy groups -OCH3 is 1. The van der Waals surface area contributed by atoms with Gasteiger partial charge in [0.05, 0.1) is 18.2 Å². The van der Waals surface area contributed by atoms with E-state index < -0.39 is 17.7 Å². The van der Waals surface area contributed by atoms with Crippen molar-refractivity contribution in [2.75, 3.05) is 20.3 Å². The standard InChI is InChI=1S/C20H18ClNO4/c1-26-12-11-22-17(14-9-5-6-10-15(14)21)16(19(24)20(22)25)18(23)13-7-3-2-4-8-13/h2-10,17,23H,11-12H2,1H3/b18-16+. The van der Waals surface area contributed by atoms with E-state index >= 15 is 0 Å². The van der Waals surface area contributed by atoms with Crippen LogP contribution in [0.2, 0.25) is 5.02 Å². The summed E-state index contributed by atoms with van der Waals surface area (Å²) in [5, 5.41) is 11.2. The van der Waals surface area contributed by atoms with Crippen molar-refractivity contribution < 1.29 is 19.4 Å². The number of ether oxygens (including phenoxy) is 1. The van der Waals surface area contributed by atoms with Gasteiger partial charge in [0.25, 0.3) is 11.7 Å². The van der Waals surface area contributed by atoms with Gasteiger partial charge in [0, 0.05) is 24.2 Å². The van der Waals surface area contributed by atoms with Gasteiger partial charge in [-0.1, -0.05) is 60.1 Å². The number of carbonyl (C=O) groups is 2. The number of aliphatic hydroxyl groups is 1. The second kappa shape index (κ2) is 7.72. The van der Waals surface area contributed by atoms with Crippen molar-refractivity contribution in [2.24, 2.45) is 0 Å². The van der Waals surface area contributed by atoms with Crippen LogP contribution in [0.1, 0.15) is 17.2 Å². The number of hydrogen-bond donors (Lipinski definition) is 1. The number of hydrogen-bond acceptors (Lipinski definition) is 4. The van der Waals surface area contributed by atoms with Crippen LogP contribution in [-0.2, 0) is 14.3 Å². The summed E-state index contributed by atoms with van der Waals surface area (Å²) in [6, 6.07) is 14.9. The lowest BCUT2D eigenvalue weighted by Crippen LogP contribution is -2.32. The molecule has 2 aromatic rings. The molecule has 6 heteroatoms. The minimum absolute atomic E-state index is 0.0328. The molecule has 1 saturated heterocycles. The second-order valence-electron chi connectivity index (χ2n) is 5.87. The van der Waals surface area contributed by atoms with Crippen molar-refractivity contribution in [1.82, 2.24) is 4.90 Å². The van der Waals surface area contributed by atoms with E-state index in [2.05, 4.69) is 0 Å². The number of aliphatic hydroxyl groups excluding tert-OH is 1. The predicted molar refractivity (Wildman–Crippen MR) is 98.8 cm³/mol. The van der Waals surface area contributed by atoms with E-state index in [1.54, 1.807) is 54.6 Å². The fourth-order valence-electron chi connectivity index (χ4n) is 3.07. The van der Waals surface area contributed by atoms with Gasteiger partial charge >= 0.3 is 0 Å². The Morgan fingerprint density at radius 1 is 1.12 bits per heavy atom. The summed E-state index contributed by atoms with van der Waals surface area (Å²) >= 11 is 6.33. The van der Waals surface area contributed by atoms with Crippen molar-refractivity contribution in [2.45, 2.75) is 6.04 Å². The van der Waals surface area contributed by atoms with Crippen molar-refractivity contribution in [3.8, 4) is 0 Å². The zero-order valence-corrected chi connectivity index (χ0v) is 14.9. The van der Waals surface area contributed by atoms with Crippen LogP contribution in [-0.4, -0.2) is 42.0 Å². The lowest BCUT2D eigenvalue weighted by atomic mass is 9.95. The SMILES string of the molecule is COCCN1C(=O)C(=O)/C(=C(/O)c2ccccc2)C1c1ccccc1Cl. The third-order valence-electron chi connectivity index (χ3n) is 4.32. The average molecular weight is 372 g/mol. The maximum atomic E-state index is 12.7. The van der Waals surface area contributed by atoms with Gasteiger partial charge in [0.15, 0.2) is 0 Å². The fourth-order valence-corrected chi connectivity index (χ4v) is 3.31. The van der Waals surface area contributed by atoms with Crippen LogP contribution in [0.4, 0.5) is 0 Å². The third kappa shape index (κ3) is 3.23. The largest absolute Gasteiger partial charge is 0.507 e. The highest BCUT2D eigenvalue weighted by molar-refractivity contribution is 6.47. The van der Waals surface area contributed by atoms with Crippen LogP contribution in [0, 0.1) is 0 Å². The molecule has 0 spiro atoms. The topological polar surface area (TPSA) is 66.8 Å². The van der Waals surface area contributed by atoms with Gasteiger partial charge in [0.1, 0.15) is 5.76 Å². The maximum absolute atomic E-state index is 12.7. The van der Waals surface area contributed by atoms with E-state index in [0.717, 1.165) is 0 Å². The summed E-state index contributed by atoms with van der Waals surface area (Å²) in [5.41, 5.74) is 1.08. The highest BCUT2D eigenvalue weighted by atomic mass is 35.5. The predicted octanol–water partition coefficient (Wildman–Crippen LogP) is 3.41. The fraction of sp³-hybridized carbons (Fsp3) is 0.200. The van der Waals surface area contributed by atoms with Gasteiger partial charge in [-0.25, -0.2) is 0 Å². The Labute approximate surface area is 156 Å². The normalized spacial score (nSPS) is 19.2. The summed E-state index contributed by atoms with van der Waals surface area (Å²) in [6.07, 6.45) is 0. The highest BCUT2D eigenvalue weighted by Gasteiger charge is 2.46. The van der Waals surface area contributed by atoms with E-state index in [0.29, 0.717) is 16.1 Å². The molecule has 5 nitrogen and oxygen atoms in total. The Morgan fingerprint density at radius 3 is 2.42 bits per heavy atom. The molecule has 0 aliphatic carbocycles. The molecule has 0 bridgehead atoms. The molecule has 0 aromatic heterocycles. The molecule has 1 aliphatic heterocycles. The smallest absolute Gasteiger partial charge is 0.295 e. The van der Waals surface area contributed by atoms with Crippen LogP contribution < -0.4 is 0 Å². The number of rotatable bonds is 5. The molecule has 0 radical (unpaired) electrons. The van der Waals surface area contributed by atoms with E-state index in [4.69, 9.17) is 16.3 Å². The molecule has 1 heterocycles.